The van der Waals surface area contributed by atoms with Crippen molar-refractivity contribution in [2.45, 2.75) is 13.8 Å². The van der Waals surface area contributed by atoms with Crippen LogP contribution in [0.3, 0.4) is 0 Å². The van der Waals surface area contributed by atoms with Gasteiger partial charge < -0.3 is 19.2 Å². The molecule has 7 heteroatoms. The highest BCUT2D eigenvalue weighted by molar-refractivity contribution is 6.47. The van der Waals surface area contributed by atoms with Gasteiger partial charge in [-0.15, -0.1) is 0 Å². The molecule has 7 nitrogen and oxygen atoms in total. The van der Waals surface area contributed by atoms with Gasteiger partial charge in [-0.2, -0.15) is 0 Å². The second-order valence-electron chi connectivity index (χ2n) is 8.32. The molecule has 1 N–H and O–H groups in total. The smallest absolute Gasteiger partial charge is 0.357 e. The molecule has 3 aromatic carbocycles. The third kappa shape index (κ3) is 4.29. The molecule has 0 amide bonds. The minimum absolute atomic E-state index is 0.245. The molecule has 0 spiro atoms. The average molecular weight is 495 g/mol. The van der Waals surface area contributed by atoms with E-state index in [0.717, 1.165) is 27.5 Å². The van der Waals surface area contributed by atoms with Crippen molar-refractivity contribution in [2.24, 2.45) is 4.99 Å². The number of esters is 2. The van der Waals surface area contributed by atoms with E-state index in [2.05, 4.69) is 4.98 Å². The molecule has 0 unspecified atom stereocenters. The number of aromatic amines is 1. The van der Waals surface area contributed by atoms with Gasteiger partial charge in [0.15, 0.2) is 5.71 Å². The van der Waals surface area contributed by atoms with E-state index in [1.807, 2.05) is 72.8 Å². The fourth-order valence-electron chi connectivity index (χ4n) is 4.57. The Morgan fingerprint density at radius 2 is 1.35 bits per heavy atom. The Morgan fingerprint density at radius 3 is 2.00 bits per heavy atom. The SMILES string of the molecule is CCOC(=O)C1=N/C(=C(\c2ccc(OC)cc2)c2[nH]c(C(=O)OCC)c3ccccc23)c2ccccc21. The first-order valence-electron chi connectivity index (χ1n) is 12.1. The van der Waals surface area contributed by atoms with E-state index in [1.54, 1.807) is 21.0 Å². The van der Waals surface area contributed by atoms with Gasteiger partial charge in [-0.05, 0) is 31.5 Å². The van der Waals surface area contributed by atoms with E-state index < -0.39 is 11.9 Å². The lowest BCUT2D eigenvalue weighted by molar-refractivity contribution is -0.134. The molecule has 0 saturated heterocycles. The molecule has 2 heterocycles. The number of nitrogens with zero attached hydrogens (tertiary/aromatic N) is 1. The first-order chi connectivity index (χ1) is 18.1. The summed E-state index contributed by atoms with van der Waals surface area (Å²) < 4.78 is 16.0. The highest BCUT2D eigenvalue weighted by Gasteiger charge is 2.31. The lowest BCUT2D eigenvalue weighted by atomic mass is 9.94. The minimum Gasteiger partial charge on any atom is -0.497 e. The van der Waals surface area contributed by atoms with Gasteiger partial charge in [-0.1, -0.05) is 60.7 Å². The van der Waals surface area contributed by atoms with Crippen molar-refractivity contribution < 1.29 is 23.8 Å². The number of fused-ring (bicyclic) bond motifs is 2. The van der Waals surface area contributed by atoms with Crippen LogP contribution in [0.2, 0.25) is 0 Å². The van der Waals surface area contributed by atoms with Crippen LogP contribution in [-0.2, 0) is 14.3 Å². The van der Waals surface area contributed by atoms with E-state index in [4.69, 9.17) is 19.2 Å². The predicted molar refractivity (Wildman–Crippen MR) is 143 cm³/mol. The fraction of sp³-hybridized carbons (Fsp3) is 0.167. The molecule has 1 aromatic heterocycles. The number of H-pyrrole nitrogens is 1. The number of methoxy groups -OCH3 is 1. The van der Waals surface area contributed by atoms with Crippen LogP contribution in [0.15, 0.2) is 77.8 Å². The van der Waals surface area contributed by atoms with Gasteiger partial charge in [0.25, 0.3) is 0 Å². The number of hydrogen-bond donors (Lipinski definition) is 1. The van der Waals surface area contributed by atoms with E-state index in [-0.39, 0.29) is 18.9 Å². The molecular formula is C30H26N2O5. The van der Waals surface area contributed by atoms with Crippen molar-refractivity contribution in [3.05, 3.63) is 101 Å². The van der Waals surface area contributed by atoms with Crippen LogP contribution < -0.4 is 4.74 Å². The van der Waals surface area contributed by atoms with Gasteiger partial charge in [0.1, 0.15) is 11.4 Å². The third-order valence-electron chi connectivity index (χ3n) is 6.19. The summed E-state index contributed by atoms with van der Waals surface area (Å²) in [6.45, 7) is 4.04. The van der Waals surface area contributed by atoms with Crippen molar-refractivity contribution in [2.75, 3.05) is 20.3 Å². The largest absolute Gasteiger partial charge is 0.497 e. The van der Waals surface area contributed by atoms with Gasteiger partial charge in [-0.25, -0.2) is 14.6 Å². The monoisotopic (exact) mass is 494 g/mol. The summed E-state index contributed by atoms with van der Waals surface area (Å²) in [4.78, 5) is 33.9. The van der Waals surface area contributed by atoms with E-state index in [0.29, 0.717) is 28.4 Å². The number of aromatic nitrogens is 1. The summed E-state index contributed by atoms with van der Waals surface area (Å²) in [5.74, 6) is -0.214. The second-order valence-corrected chi connectivity index (χ2v) is 8.32. The first kappa shape index (κ1) is 24.1. The summed E-state index contributed by atoms with van der Waals surface area (Å²) in [6.07, 6.45) is 0. The summed E-state index contributed by atoms with van der Waals surface area (Å²) >= 11 is 0. The summed E-state index contributed by atoms with van der Waals surface area (Å²) in [5, 5.41) is 1.57. The maximum absolute atomic E-state index is 12.9. The molecule has 0 radical (unpaired) electrons. The van der Waals surface area contributed by atoms with Crippen LogP contribution in [0.1, 0.15) is 46.7 Å². The second kappa shape index (κ2) is 10.1. The van der Waals surface area contributed by atoms with Gasteiger partial charge >= 0.3 is 11.9 Å². The standard InChI is InChI=1S/C30H26N2O5/c1-4-36-29(33)27-22-12-8-6-10-20(22)25(31-27)24(18-14-16-19(35-3)17-15-18)26-21-11-7-9-13-23(21)28(32-26)30(34)37-5-2/h6-17,31H,4-5H2,1-3H3/b26-24+. The van der Waals surface area contributed by atoms with Gasteiger partial charge in [0.05, 0.1) is 31.7 Å². The highest BCUT2D eigenvalue weighted by Crippen LogP contribution is 2.41. The molecule has 5 rings (SSSR count). The molecule has 0 saturated carbocycles. The molecule has 1 aliphatic rings. The van der Waals surface area contributed by atoms with Crippen molar-refractivity contribution in [3.63, 3.8) is 0 Å². The lowest BCUT2D eigenvalue weighted by Crippen LogP contribution is -2.17. The quantitative estimate of drug-likeness (QED) is 0.336. The Labute approximate surface area is 214 Å². The third-order valence-corrected chi connectivity index (χ3v) is 6.19. The van der Waals surface area contributed by atoms with Gasteiger partial charge in [-0.3, -0.25) is 0 Å². The Kier molecular flexibility index (Phi) is 6.60. The summed E-state index contributed by atoms with van der Waals surface area (Å²) in [7, 11) is 1.61. The number of benzene rings is 3. The van der Waals surface area contributed by atoms with Crippen molar-refractivity contribution in [1.29, 1.82) is 0 Å². The number of carbonyl (C=O) groups excluding carboxylic acids is 2. The predicted octanol–water partition coefficient (Wildman–Crippen LogP) is 5.64. The molecule has 0 atom stereocenters. The molecule has 37 heavy (non-hydrogen) atoms. The van der Waals surface area contributed by atoms with E-state index in [9.17, 15) is 9.59 Å². The average Bonchev–Trinajstić information content (AvgIpc) is 3.50. The zero-order chi connectivity index (χ0) is 25.9. The van der Waals surface area contributed by atoms with Crippen LogP contribution >= 0.6 is 0 Å². The van der Waals surface area contributed by atoms with E-state index >= 15 is 0 Å². The summed E-state index contributed by atoms with van der Waals surface area (Å²) in [5.41, 5.74) is 4.98. The zero-order valence-electron chi connectivity index (χ0n) is 20.8. The lowest BCUT2D eigenvalue weighted by Gasteiger charge is -2.12. The molecule has 0 aliphatic carbocycles. The van der Waals surface area contributed by atoms with Crippen LogP contribution in [0.4, 0.5) is 0 Å². The molecule has 0 fully saturated rings. The summed E-state index contributed by atoms with van der Waals surface area (Å²) in [6, 6.07) is 22.8. The van der Waals surface area contributed by atoms with E-state index in [1.165, 1.54) is 0 Å². The van der Waals surface area contributed by atoms with Crippen molar-refractivity contribution in [1.82, 2.24) is 4.98 Å². The van der Waals surface area contributed by atoms with Crippen LogP contribution in [-0.4, -0.2) is 43.0 Å². The zero-order valence-corrected chi connectivity index (χ0v) is 20.8. The molecule has 1 aliphatic heterocycles. The molecular weight excluding hydrogens is 468 g/mol. The Morgan fingerprint density at radius 1 is 0.757 bits per heavy atom. The normalized spacial score (nSPS) is 13.6. The number of ether oxygens (including phenoxy) is 3. The van der Waals surface area contributed by atoms with Crippen molar-refractivity contribution in [3.8, 4) is 5.75 Å². The number of rotatable bonds is 7. The van der Waals surface area contributed by atoms with Crippen LogP contribution in [0.25, 0.3) is 22.0 Å². The highest BCUT2D eigenvalue weighted by atomic mass is 16.5. The Hall–Kier alpha value is -4.65. The minimum atomic E-state index is -0.484. The maximum atomic E-state index is 12.9. The Bertz CT molecular complexity index is 1560. The molecule has 4 aromatic rings. The van der Waals surface area contributed by atoms with Crippen molar-refractivity contribution >= 4 is 39.7 Å². The van der Waals surface area contributed by atoms with Gasteiger partial charge in [0, 0.05) is 27.5 Å². The molecule has 0 bridgehead atoms. The number of nitrogens with one attached hydrogen (secondary N) is 1. The first-order valence-corrected chi connectivity index (χ1v) is 12.1. The fourth-order valence-corrected chi connectivity index (χ4v) is 4.57. The molecule has 186 valence electrons. The Balaban J connectivity index is 1.85. The van der Waals surface area contributed by atoms with Gasteiger partial charge in [0.2, 0.25) is 0 Å². The number of hydrogen-bond acceptors (Lipinski definition) is 6. The number of aliphatic imine (C=N–C) groups is 1. The van der Waals surface area contributed by atoms with Crippen LogP contribution in [0.5, 0.6) is 5.75 Å². The number of carbonyl (C=O) groups is 2. The van der Waals surface area contributed by atoms with Crippen LogP contribution in [0, 0.1) is 0 Å². The topological polar surface area (TPSA) is 90.0 Å². The maximum Gasteiger partial charge on any atom is 0.357 e.